The molecule has 2 aromatic carbocycles. The van der Waals surface area contributed by atoms with Gasteiger partial charge < -0.3 is 10.6 Å². The smallest absolute Gasteiger partial charge is 0.266 e. The Bertz CT molecular complexity index is 1130. The van der Waals surface area contributed by atoms with Crippen LogP contribution < -0.4 is 10.6 Å². The van der Waals surface area contributed by atoms with Crippen LogP contribution in [-0.2, 0) is 28.6 Å². The van der Waals surface area contributed by atoms with Gasteiger partial charge in [-0.15, -0.1) is 0 Å². The summed E-state index contributed by atoms with van der Waals surface area (Å²) in [5, 5.41) is 5.24. The first-order valence-electron chi connectivity index (χ1n) is 10.7. The van der Waals surface area contributed by atoms with Crippen LogP contribution in [0, 0.1) is 5.82 Å². The third kappa shape index (κ3) is 5.52. The number of anilines is 1. The number of hydrogen-bond acceptors (Lipinski definition) is 3. The van der Waals surface area contributed by atoms with Crippen LogP contribution in [0.5, 0.6) is 0 Å². The molecule has 2 aliphatic rings. The highest BCUT2D eigenvalue weighted by molar-refractivity contribution is 7.85. The van der Waals surface area contributed by atoms with Crippen LogP contribution in [-0.4, -0.2) is 27.5 Å². The van der Waals surface area contributed by atoms with E-state index in [0.29, 0.717) is 29.2 Å². The van der Waals surface area contributed by atoms with Gasteiger partial charge in [0.2, 0.25) is 5.91 Å². The first-order valence-corrected chi connectivity index (χ1v) is 12.2. The Labute approximate surface area is 192 Å². The Morgan fingerprint density at radius 1 is 1.24 bits per heavy atom. The van der Waals surface area contributed by atoms with Crippen molar-refractivity contribution in [2.24, 2.45) is 0 Å². The summed E-state index contributed by atoms with van der Waals surface area (Å²) < 4.78 is 51.7. The summed E-state index contributed by atoms with van der Waals surface area (Å²) in [6.45, 7) is 3.72. The molecule has 2 aromatic rings. The SMILES string of the molecule is CC.O=C1Cc2cc(C3=CCS(=O)CC3)cc(C(=O)NCc3cccc(C(F)F)c3F)c2N1. The molecule has 1 unspecified atom stereocenters. The van der Waals surface area contributed by atoms with Gasteiger partial charge in [0.25, 0.3) is 12.3 Å². The number of hydrogen-bond donors (Lipinski definition) is 2. The number of fused-ring (bicyclic) bond motifs is 1. The molecule has 33 heavy (non-hydrogen) atoms. The normalized spacial score (nSPS) is 17.0. The topological polar surface area (TPSA) is 75.3 Å². The molecule has 176 valence electrons. The van der Waals surface area contributed by atoms with Gasteiger partial charge in [0.05, 0.1) is 23.2 Å². The van der Waals surface area contributed by atoms with Crippen molar-refractivity contribution in [3.05, 3.63) is 70.0 Å². The molecular formula is C24H25F3N2O3S. The second-order valence-corrected chi connectivity index (χ2v) is 9.00. The molecule has 5 nitrogen and oxygen atoms in total. The summed E-state index contributed by atoms with van der Waals surface area (Å²) >= 11 is 0. The minimum atomic E-state index is -2.95. The molecule has 0 radical (unpaired) electrons. The third-order valence-electron chi connectivity index (χ3n) is 5.35. The van der Waals surface area contributed by atoms with E-state index in [1.807, 2.05) is 26.0 Å². The van der Waals surface area contributed by atoms with Crippen molar-refractivity contribution in [1.82, 2.24) is 5.32 Å². The molecule has 2 amide bonds. The first-order chi connectivity index (χ1) is 15.8. The van der Waals surface area contributed by atoms with E-state index in [2.05, 4.69) is 10.6 Å². The molecule has 0 saturated heterocycles. The third-order valence-corrected chi connectivity index (χ3v) is 6.55. The number of carbonyl (C=O) groups is 2. The molecule has 0 aliphatic carbocycles. The van der Waals surface area contributed by atoms with Crippen LogP contribution in [0.4, 0.5) is 18.9 Å². The molecule has 2 aliphatic heterocycles. The van der Waals surface area contributed by atoms with Crippen LogP contribution >= 0.6 is 0 Å². The Hall–Kier alpha value is -2.94. The predicted octanol–water partition coefficient (Wildman–Crippen LogP) is 4.75. The summed E-state index contributed by atoms with van der Waals surface area (Å²) in [4.78, 5) is 24.8. The fourth-order valence-corrected chi connectivity index (χ4v) is 4.75. The summed E-state index contributed by atoms with van der Waals surface area (Å²) in [6, 6.07) is 7.13. The zero-order valence-corrected chi connectivity index (χ0v) is 19.2. The van der Waals surface area contributed by atoms with Gasteiger partial charge in [-0.1, -0.05) is 38.1 Å². The lowest BCUT2D eigenvalue weighted by molar-refractivity contribution is -0.115. The van der Waals surface area contributed by atoms with Crippen LogP contribution in [0.1, 0.15) is 59.3 Å². The van der Waals surface area contributed by atoms with Gasteiger partial charge >= 0.3 is 0 Å². The van der Waals surface area contributed by atoms with Crippen molar-refractivity contribution in [2.75, 3.05) is 16.8 Å². The lowest BCUT2D eigenvalue weighted by Gasteiger charge is -2.16. The van der Waals surface area contributed by atoms with Gasteiger partial charge in [0.15, 0.2) is 0 Å². The van der Waals surface area contributed by atoms with E-state index in [4.69, 9.17) is 0 Å². The lowest BCUT2D eigenvalue weighted by Crippen LogP contribution is -2.25. The van der Waals surface area contributed by atoms with Crippen LogP contribution in [0.2, 0.25) is 0 Å². The van der Waals surface area contributed by atoms with Crippen LogP contribution in [0.3, 0.4) is 0 Å². The Morgan fingerprint density at radius 3 is 2.67 bits per heavy atom. The predicted molar refractivity (Wildman–Crippen MR) is 123 cm³/mol. The number of benzene rings is 2. The molecule has 2 N–H and O–H groups in total. The maximum Gasteiger partial charge on any atom is 0.266 e. The highest BCUT2D eigenvalue weighted by Crippen LogP contribution is 2.33. The number of nitrogens with one attached hydrogen (secondary N) is 2. The van der Waals surface area contributed by atoms with E-state index < -0.39 is 34.5 Å². The van der Waals surface area contributed by atoms with Crippen LogP contribution in [0.25, 0.3) is 5.57 Å². The standard InChI is InChI=1S/C22H19F3N2O3S.C2H6/c23-19-13(2-1-3-16(19)21(24)25)11-26-22(29)17-9-14(12-4-6-31(30)7-5-12)8-15-10-18(28)27-20(15)17;1-2/h1-4,8-9,21H,5-7,10-11H2,(H,26,29)(H,27,28);1-2H3. The molecule has 0 aromatic heterocycles. The minimum Gasteiger partial charge on any atom is -0.348 e. The average molecular weight is 479 g/mol. The van der Waals surface area contributed by atoms with E-state index in [1.165, 1.54) is 12.1 Å². The van der Waals surface area contributed by atoms with E-state index >= 15 is 0 Å². The summed E-state index contributed by atoms with van der Waals surface area (Å²) in [7, 11) is -0.897. The maximum absolute atomic E-state index is 14.3. The van der Waals surface area contributed by atoms with E-state index in [0.717, 1.165) is 17.2 Å². The van der Waals surface area contributed by atoms with Gasteiger partial charge in [-0.3, -0.25) is 13.8 Å². The lowest BCUT2D eigenvalue weighted by atomic mass is 9.95. The zero-order valence-electron chi connectivity index (χ0n) is 18.3. The van der Waals surface area contributed by atoms with Crippen molar-refractivity contribution in [1.29, 1.82) is 0 Å². The Balaban J connectivity index is 0.00000149. The summed E-state index contributed by atoms with van der Waals surface area (Å²) in [6.07, 6.45) is -0.352. The van der Waals surface area contributed by atoms with Crippen molar-refractivity contribution in [3.63, 3.8) is 0 Å². The van der Waals surface area contributed by atoms with Crippen molar-refractivity contribution in [3.8, 4) is 0 Å². The quantitative estimate of drug-likeness (QED) is 0.651. The van der Waals surface area contributed by atoms with Gasteiger partial charge in [-0.05, 0) is 35.3 Å². The van der Waals surface area contributed by atoms with Crippen molar-refractivity contribution >= 4 is 33.9 Å². The zero-order chi connectivity index (χ0) is 24.1. The van der Waals surface area contributed by atoms with E-state index in [-0.39, 0.29) is 30.0 Å². The number of alkyl halides is 2. The van der Waals surface area contributed by atoms with E-state index in [9.17, 15) is 27.0 Å². The molecule has 1 atom stereocenters. The van der Waals surface area contributed by atoms with E-state index in [1.54, 1.807) is 6.07 Å². The largest absolute Gasteiger partial charge is 0.348 e. The summed E-state index contributed by atoms with van der Waals surface area (Å²) in [5.74, 6) is -0.880. The molecule has 2 heterocycles. The minimum absolute atomic E-state index is 0.0551. The van der Waals surface area contributed by atoms with Gasteiger partial charge in [-0.25, -0.2) is 13.2 Å². The average Bonchev–Trinajstić information content (AvgIpc) is 3.19. The second kappa shape index (κ2) is 10.8. The number of amides is 2. The van der Waals surface area contributed by atoms with Crippen LogP contribution in [0.15, 0.2) is 36.4 Å². The molecule has 0 spiro atoms. The molecule has 0 saturated carbocycles. The van der Waals surface area contributed by atoms with Crippen molar-refractivity contribution < 1.29 is 27.0 Å². The first kappa shape index (κ1) is 24.7. The number of carbonyl (C=O) groups excluding carboxylic acids is 2. The Morgan fingerprint density at radius 2 is 2.00 bits per heavy atom. The molecular weight excluding hydrogens is 453 g/mol. The second-order valence-electron chi connectivity index (χ2n) is 7.38. The molecule has 4 rings (SSSR count). The number of rotatable bonds is 5. The number of halogens is 3. The number of allylic oxidation sites excluding steroid dienone is 1. The fraction of sp³-hybridized carbons (Fsp3) is 0.333. The van der Waals surface area contributed by atoms with Gasteiger partial charge in [0, 0.05) is 34.4 Å². The monoisotopic (exact) mass is 478 g/mol. The summed E-state index contributed by atoms with van der Waals surface area (Å²) in [5.41, 5.74) is 2.23. The molecule has 9 heteroatoms. The molecule has 0 bridgehead atoms. The fourth-order valence-electron chi connectivity index (χ4n) is 3.75. The van der Waals surface area contributed by atoms with Gasteiger partial charge in [0.1, 0.15) is 5.82 Å². The highest BCUT2D eigenvalue weighted by Gasteiger charge is 2.26. The molecule has 0 fully saturated rings. The maximum atomic E-state index is 14.3. The highest BCUT2D eigenvalue weighted by atomic mass is 32.2. The Kier molecular flexibility index (Phi) is 8.07. The van der Waals surface area contributed by atoms with Gasteiger partial charge in [-0.2, -0.15) is 0 Å². The van der Waals surface area contributed by atoms with Crippen molar-refractivity contribution in [2.45, 2.75) is 39.7 Å².